The fraction of sp³-hybridized carbons (Fsp3) is 0.714. The topological polar surface area (TPSA) is 43.4 Å². The van der Waals surface area contributed by atoms with Crippen LogP contribution in [0, 0.1) is 28.6 Å². The lowest BCUT2D eigenvalue weighted by Gasteiger charge is -2.57. The molecule has 0 amide bonds. The molecule has 24 heavy (non-hydrogen) atoms. The third kappa shape index (κ3) is 2.06. The van der Waals surface area contributed by atoms with Crippen molar-refractivity contribution in [1.29, 1.82) is 0 Å². The molecule has 0 bridgehead atoms. The lowest BCUT2D eigenvalue weighted by molar-refractivity contribution is -0.133. The average Bonchev–Trinajstić information content (AvgIpc) is 2.85. The van der Waals surface area contributed by atoms with Crippen LogP contribution in [0.5, 0.6) is 0 Å². The molecule has 0 aromatic heterocycles. The Hall–Kier alpha value is -1.22. The summed E-state index contributed by atoms with van der Waals surface area (Å²) in [6.45, 7) is 7.17. The van der Waals surface area contributed by atoms with Crippen LogP contribution >= 0.6 is 0 Å². The van der Waals surface area contributed by atoms with Gasteiger partial charge in [-0.2, -0.15) is 0 Å². The van der Waals surface area contributed by atoms with Crippen LogP contribution < -0.4 is 0 Å². The average molecular weight is 328 g/mol. The second-order valence-corrected chi connectivity index (χ2v) is 8.59. The molecule has 0 N–H and O–H groups in total. The Labute approximate surface area is 144 Å². The molecule has 0 spiro atoms. The highest BCUT2D eigenvalue weighted by atomic mass is 16.5. The lowest BCUT2D eigenvalue weighted by Crippen LogP contribution is -2.53. The third-order valence-electron chi connectivity index (χ3n) is 7.63. The number of Topliss-reactive ketones (excluding diaryl/α,β-unsaturated/α-hetero) is 1. The van der Waals surface area contributed by atoms with Crippen molar-refractivity contribution in [2.24, 2.45) is 28.6 Å². The maximum absolute atomic E-state index is 12.5. The molecule has 3 saturated carbocycles. The van der Waals surface area contributed by atoms with Crippen LogP contribution in [0.15, 0.2) is 23.8 Å². The van der Waals surface area contributed by atoms with Crippen molar-refractivity contribution in [2.45, 2.75) is 59.0 Å². The normalized spacial score (nSPS) is 47.0. The number of carbonyl (C=O) groups excluding carboxylic acids is 2. The van der Waals surface area contributed by atoms with E-state index in [1.807, 2.05) is 13.0 Å². The van der Waals surface area contributed by atoms with Gasteiger partial charge in [-0.25, -0.2) is 0 Å². The molecule has 3 nitrogen and oxygen atoms in total. The number of hydrogen-bond acceptors (Lipinski definition) is 3. The Balaban J connectivity index is 1.75. The van der Waals surface area contributed by atoms with Gasteiger partial charge in [-0.05, 0) is 68.1 Å². The van der Waals surface area contributed by atoms with Gasteiger partial charge in [0.1, 0.15) is 5.78 Å². The molecule has 4 aliphatic carbocycles. The highest BCUT2D eigenvalue weighted by Crippen LogP contribution is 2.63. The van der Waals surface area contributed by atoms with Crippen LogP contribution in [0.1, 0.15) is 52.9 Å². The minimum atomic E-state index is -0.121. The van der Waals surface area contributed by atoms with Crippen molar-refractivity contribution in [2.75, 3.05) is 6.61 Å². The van der Waals surface area contributed by atoms with Crippen molar-refractivity contribution in [1.82, 2.24) is 0 Å². The van der Waals surface area contributed by atoms with Crippen molar-refractivity contribution < 1.29 is 14.3 Å². The predicted molar refractivity (Wildman–Crippen MR) is 92.4 cm³/mol. The number of carbonyl (C=O) groups is 2. The predicted octanol–water partition coefficient (Wildman–Crippen LogP) is 3.88. The number of fused-ring (bicyclic) bond motifs is 5. The first-order chi connectivity index (χ1) is 11.4. The fourth-order valence-corrected chi connectivity index (χ4v) is 6.35. The van der Waals surface area contributed by atoms with E-state index in [1.54, 1.807) is 6.08 Å². The first-order valence-corrected chi connectivity index (χ1v) is 9.50. The maximum atomic E-state index is 12.5. The van der Waals surface area contributed by atoms with Crippen LogP contribution in [0.3, 0.4) is 0 Å². The summed E-state index contributed by atoms with van der Waals surface area (Å²) >= 11 is 0. The summed E-state index contributed by atoms with van der Waals surface area (Å²) in [5.41, 5.74) is 0.957. The van der Waals surface area contributed by atoms with Gasteiger partial charge in [-0.15, -0.1) is 0 Å². The van der Waals surface area contributed by atoms with Gasteiger partial charge in [0.05, 0.1) is 6.10 Å². The molecule has 0 unspecified atom stereocenters. The quantitative estimate of drug-likeness (QED) is 0.772. The summed E-state index contributed by atoms with van der Waals surface area (Å²) in [4.78, 5) is 24.5. The van der Waals surface area contributed by atoms with Crippen molar-refractivity contribution >= 4 is 11.6 Å². The highest BCUT2D eigenvalue weighted by molar-refractivity contribution is 6.01. The number of ether oxygens (including phenoxy) is 1. The molecule has 130 valence electrons. The van der Waals surface area contributed by atoms with Gasteiger partial charge in [0.2, 0.25) is 0 Å². The lowest BCUT2D eigenvalue weighted by atomic mass is 9.48. The fourth-order valence-electron chi connectivity index (χ4n) is 6.35. The van der Waals surface area contributed by atoms with Crippen molar-refractivity contribution in [3.63, 3.8) is 0 Å². The summed E-state index contributed by atoms with van der Waals surface area (Å²) in [7, 11) is 0. The highest BCUT2D eigenvalue weighted by Gasteiger charge is 2.60. The second kappa shape index (κ2) is 5.39. The Morgan fingerprint density at radius 2 is 2.00 bits per heavy atom. The van der Waals surface area contributed by atoms with E-state index in [1.165, 1.54) is 5.57 Å². The van der Waals surface area contributed by atoms with Gasteiger partial charge < -0.3 is 4.74 Å². The smallest absolute Gasteiger partial charge is 0.178 e. The van der Waals surface area contributed by atoms with Gasteiger partial charge in [0.25, 0.3) is 0 Å². The molecule has 0 saturated heterocycles. The molecule has 4 rings (SSSR count). The van der Waals surface area contributed by atoms with Gasteiger partial charge in [-0.3, -0.25) is 9.59 Å². The standard InChI is InChI=1S/C21H28O3/c1-4-24-18-12-14-15-5-6-19(23)21(15,3)10-8-16(14)20(2)9-7-13(22)11-17(18)20/h7,9,11,14-16,18H,4-6,8,10,12H2,1-3H3/t14-,15-,16-,18-,20+,21-/m0/s1. The Morgan fingerprint density at radius 3 is 2.75 bits per heavy atom. The van der Waals surface area contributed by atoms with Crippen LogP contribution in [-0.2, 0) is 14.3 Å². The zero-order valence-corrected chi connectivity index (χ0v) is 15.0. The summed E-state index contributed by atoms with van der Waals surface area (Å²) in [6.07, 6.45) is 10.5. The van der Waals surface area contributed by atoms with Gasteiger partial charge in [-0.1, -0.05) is 19.9 Å². The molecule has 0 heterocycles. The van der Waals surface area contributed by atoms with Crippen molar-refractivity contribution in [3.05, 3.63) is 23.8 Å². The zero-order chi connectivity index (χ0) is 17.1. The van der Waals surface area contributed by atoms with Gasteiger partial charge in [0.15, 0.2) is 5.78 Å². The van der Waals surface area contributed by atoms with E-state index in [-0.39, 0.29) is 22.7 Å². The Bertz CT molecular complexity index is 645. The zero-order valence-electron chi connectivity index (χ0n) is 15.0. The molecule has 4 aliphatic rings. The van der Waals surface area contributed by atoms with E-state index in [0.29, 0.717) is 30.1 Å². The molecule has 0 aromatic rings. The minimum Gasteiger partial charge on any atom is -0.374 e. The first kappa shape index (κ1) is 16.3. The molecule has 3 fully saturated rings. The Kier molecular flexibility index (Phi) is 3.65. The summed E-state index contributed by atoms with van der Waals surface area (Å²) < 4.78 is 6.08. The molecule has 3 heteroatoms. The van der Waals surface area contributed by atoms with Crippen LogP contribution in [-0.4, -0.2) is 24.3 Å². The summed E-state index contributed by atoms with van der Waals surface area (Å²) in [5.74, 6) is 2.08. The third-order valence-corrected chi connectivity index (χ3v) is 7.63. The number of allylic oxidation sites excluding steroid dienone is 3. The minimum absolute atomic E-state index is 0.0215. The SMILES string of the molecule is CCO[C@H]1C[C@@H]2[C@H](CC[C@]3(C)C(=O)CC[C@@H]23)[C@@]2(C)C=CC(=O)C=C12. The van der Waals surface area contributed by atoms with E-state index < -0.39 is 0 Å². The van der Waals surface area contributed by atoms with Gasteiger partial charge in [0, 0.05) is 23.9 Å². The molecule has 0 aromatic carbocycles. The number of ketones is 2. The molecule has 0 aliphatic heterocycles. The van der Waals surface area contributed by atoms with E-state index in [0.717, 1.165) is 32.1 Å². The summed E-state index contributed by atoms with van der Waals surface area (Å²) in [6, 6.07) is 0. The molecule has 0 radical (unpaired) electrons. The second-order valence-electron chi connectivity index (χ2n) is 8.59. The number of hydrogen-bond donors (Lipinski definition) is 0. The van der Waals surface area contributed by atoms with E-state index in [4.69, 9.17) is 4.74 Å². The molecular weight excluding hydrogens is 300 g/mol. The van der Waals surface area contributed by atoms with E-state index >= 15 is 0 Å². The van der Waals surface area contributed by atoms with Crippen LogP contribution in [0.4, 0.5) is 0 Å². The monoisotopic (exact) mass is 328 g/mol. The maximum Gasteiger partial charge on any atom is 0.178 e. The molecular formula is C21H28O3. The number of rotatable bonds is 2. The Morgan fingerprint density at radius 1 is 1.21 bits per heavy atom. The van der Waals surface area contributed by atoms with E-state index in [9.17, 15) is 9.59 Å². The van der Waals surface area contributed by atoms with Crippen LogP contribution in [0.25, 0.3) is 0 Å². The largest absolute Gasteiger partial charge is 0.374 e. The van der Waals surface area contributed by atoms with E-state index in [2.05, 4.69) is 19.9 Å². The molecule has 6 atom stereocenters. The van der Waals surface area contributed by atoms with Gasteiger partial charge >= 0.3 is 0 Å². The van der Waals surface area contributed by atoms with Crippen molar-refractivity contribution in [3.8, 4) is 0 Å². The summed E-state index contributed by atoms with van der Waals surface area (Å²) in [5, 5.41) is 0. The first-order valence-electron chi connectivity index (χ1n) is 9.50. The van der Waals surface area contributed by atoms with Crippen LogP contribution in [0.2, 0.25) is 0 Å².